The Bertz CT molecular complexity index is 833. The summed E-state index contributed by atoms with van der Waals surface area (Å²) in [4.78, 5) is 4.80. The molecule has 0 atom stereocenters. The van der Waals surface area contributed by atoms with Crippen molar-refractivity contribution in [2.24, 2.45) is 0 Å². The van der Waals surface area contributed by atoms with E-state index in [0.29, 0.717) is 12.5 Å². The predicted octanol–water partition coefficient (Wildman–Crippen LogP) is 5.25. The summed E-state index contributed by atoms with van der Waals surface area (Å²) in [6.45, 7) is 10.2. The third-order valence-electron chi connectivity index (χ3n) is 4.33. The van der Waals surface area contributed by atoms with Gasteiger partial charge in [0, 0.05) is 12.5 Å². The van der Waals surface area contributed by atoms with E-state index in [1.54, 1.807) is 0 Å². The van der Waals surface area contributed by atoms with Crippen LogP contribution < -0.4 is 4.74 Å². The molecule has 0 unspecified atom stereocenters. The molecule has 3 aromatic rings. The molecule has 1 aromatic heterocycles. The van der Waals surface area contributed by atoms with Gasteiger partial charge in [-0.25, -0.2) is 4.98 Å². The van der Waals surface area contributed by atoms with Gasteiger partial charge in [0.15, 0.2) is 0 Å². The van der Waals surface area contributed by atoms with Gasteiger partial charge in [-0.05, 0) is 49.6 Å². The molecule has 0 aliphatic heterocycles. The first-order valence-electron chi connectivity index (χ1n) is 8.71. The summed E-state index contributed by atoms with van der Waals surface area (Å²) in [6.07, 6.45) is 0.966. The van der Waals surface area contributed by atoms with Gasteiger partial charge < -0.3 is 9.30 Å². The topological polar surface area (TPSA) is 27.1 Å². The summed E-state index contributed by atoms with van der Waals surface area (Å²) in [5.41, 5.74) is 4.72. The normalized spacial score (nSPS) is 11.4. The van der Waals surface area contributed by atoms with Crippen molar-refractivity contribution in [3.63, 3.8) is 0 Å². The smallest absolute Gasteiger partial charge is 0.122 e. The fourth-order valence-electron chi connectivity index (χ4n) is 3.04. The van der Waals surface area contributed by atoms with Gasteiger partial charge in [0.2, 0.25) is 0 Å². The van der Waals surface area contributed by atoms with Crippen molar-refractivity contribution in [2.75, 3.05) is 6.61 Å². The van der Waals surface area contributed by atoms with Gasteiger partial charge in [-0.3, -0.25) is 0 Å². The SMILES string of the molecule is Cc1ccc(C)c(OCCCn2c(C(C)C)nc3ccccc32)c1. The molecule has 0 spiro atoms. The minimum absolute atomic E-state index is 0.414. The maximum Gasteiger partial charge on any atom is 0.122 e. The van der Waals surface area contributed by atoms with Crippen LogP contribution in [0.1, 0.15) is 43.1 Å². The second-order valence-corrected chi connectivity index (χ2v) is 6.74. The van der Waals surface area contributed by atoms with Crippen LogP contribution in [0.2, 0.25) is 0 Å². The van der Waals surface area contributed by atoms with Crippen molar-refractivity contribution < 1.29 is 4.74 Å². The first-order chi connectivity index (χ1) is 11.6. The minimum Gasteiger partial charge on any atom is -0.493 e. The summed E-state index contributed by atoms with van der Waals surface area (Å²) >= 11 is 0. The van der Waals surface area contributed by atoms with Crippen molar-refractivity contribution in [1.29, 1.82) is 0 Å². The van der Waals surface area contributed by atoms with Crippen LogP contribution in [0.5, 0.6) is 5.75 Å². The van der Waals surface area contributed by atoms with Gasteiger partial charge in [-0.15, -0.1) is 0 Å². The fraction of sp³-hybridized carbons (Fsp3) is 0.381. The fourth-order valence-corrected chi connectivity index (χ4v) is 3.04. The van der Waals surface area contributed by atoms with Crippen molar-refractivity contribution in [3.8, 4) is 5.75 Å². The van der Waals surface area contributed by atoms with E-state index in [2.05, 4.69) is 68.7 Å². The largest absolute Gasteiger partial charge is 0.493 e. The zero-order chi connectivity index (χ0) is 17.1. The summed E-state index contributed by atoms with van der Waals surface area (Å²) in [5, 5.41) is 0. The van der Waals surface area contributed by atoms with Crippen LogP contribution in [0.25, 0.3) is 11.0 Å². The highest BCUT2D eigenvalue weighted by molar-refractivity contribution is 5.76. The minimum atomic E-state index is 0.414. The number of nitrogens with zero attached hydrogens (tertiary/aromatic N) is 2. The average molecular weight is 322 g/mol. The number of benzene rings is 2. The molecule has 1 heterocycles. The molecule has 2 aromatic carbocycles. The Morgan fingerprint density at radius 2 is 1.88 bits per heavy atom. The first kappa shape index (κ1) is 16.6. The van der Waals surface area contributed by atoms with E-state index in [0.717, 1.165) is 30.1 Å². The van der Waals surface area contributed by atoms with Crippen LogP contribution in [-0.2, 0) is 6.54 Å². The van der Waals surface area contributed by atoms with Crippen molar-refractivity contribution in [3.05, 3.63) is 59.4 Å². The molecule has 0 amide bonds. The summed E-state index contributed by atoms with van der Waals surface area (Å²) in [5.74, 6) is 2.56. The molecule has 0 radical (unpaired) electrons. The molecular formula is C21H26N2O. The van der Waals surface area contributed by atoms with Crippen LogP contribution in [0.3, 0.4) is 0 Å². The standard InChI is InChI=1S/C21H26N2O/c1-15(2)21-22-18-8-5-6-9-19(18)23(21)12-7-13-24-20-14-16(3)10-11-17(20)4/h5-6,8-11,14-15H,7,12-13H2,1-4H3. The Hall–Kier alpha value is -2.29. The van der Waals surface area contributed by atoms with Crippen LogP contribution in [-0.4, -0.2) is 16.2 Å². The van der Waals surface area contributed by atoms with E-state index in [1.807, 2.05) is 6.07 Å². The van der Waals surface area contributed by atoms with Gasteiger partial charge >= 0.3 is 0 Å². The number of hydrogen-bond donors (Lipinski definition) is 0. The molecule has 24 heavy (non-hydrogen) atoms. The molecule has 0 saturated carbocycles. The van der Waals surface area contributed by atoms with E-state index in [9.17, 15) is 0 Å². The van der Waals surface area contributed by atoms with E-state index >= 15 is 0 Å². The molecule has 3 heteroatoms. The highest BCUT2D eigenvalue weighted by Gasteiger charge is 2.13. The van der Waals surface area contributed by atoms with E-state index in [-0.39, 0.29) is 0 Å². The lowest BCUT2D eigenvalue weighted by molar-refractivity contribution is 0.299. The predicted molar refractivity (Wildman–Crippen MR) is 99.9 cm³/mol. The van der Waals surface area contributed by atoms with Crippen LogP contribution in [0.4, 0.5) is 0 Å². The summed E-state index contributed by atoms with van der Waals surface area (Å²) in [6, 6.07) is 14.7. The summed E-state index contributed by atoms with van der Waals surface area (Å²) in [7, 11) is 0. The lowest BCUT2D eigenvalue weighted by Crippen LogP contribution is -2.09. The molecule has 0 bridgehead atoms. The second kappa shape index (κ2) is 7.08. The van der Waals surface area contributed by atoms with E-state index in [4.69, 9.17) is 9.72 Å². The van der Waals surface area contributed by atoms with E-state index < -0.39 is 0 Å². The Labute approximate surface area is 144 Å². The van der Waals surface area contributed by atoms with Crippen LogP contribution in [0.15, 0.2) is 42.5 Å². The van der Waals surface area contributed by atoms with Crippen molar-refractivity contribution >= 4 is 11.0 Å². The second-order valence-electron chi connectivity index (χ2n) is 6.74. The number of rotatable bonds is 6. The third kappa shape index (κ3) is 3.45. The molecule has 3 nitrogen and oxygen atoms in total. The third-order valence-corrected chi connectivity index (χ3v) is 4.33. The maximum absolute atomic E-state index is 5.99. The Balaban J connectivity index is 1.69. The Morgan fingerprint density at radius 3 is 2.67 bits per heavy atom. The van der Waals surface area contributed by atoms with Crippen molar-refractivity contribution in [1.82, 2.24) is 9.55 Å². The Kier molecular flexibility index (Phi) is 4.89. The molecule has 0 aliphatic carbocycles. The highest BCUT2D eigenvalue weighted by atomic mass is 16.5. The molecule has 0 saturated heterocycles. The average Bonchev–Trinajstić information content (AvgIpc) is 2.94. The monoisotopic (exact) mass is 322 g/mol. The number of fused-ring (bicyclic) bond motifs is 1. The zero-order valence-corrected chi connectivity index (χ0v) is 15.0. The molecule has 0 N–H and O–H groups in total. The summed E-state index contributed by atoms with van der Waals surface area (Å²) < 4.78 is 8.33. The zero-order valence-electron chi connectivity index (χ0n) is 15.0. The lowest BCUT2D eigenvalue weighted by Gasteiger charge is -2.13. The molecule has 126 valence electrons. The highest BCUT2D eigenvalue weighted by Crippen LogP contribution is 2.23. The van der Waals surface area contributed by atoms with E-state index in [1.165, 1.54) is 16.6 Å². The van der Waals surface area contributed by atoms with Crippen LogP contribution in [0, 0.1) is 13.8 Å². The molecule has 0 fully saturated rings. The number of aryl methyl sites for hydroxylation is 3. The number of aromatic nitrogens is 2. The van der Waals surface area contributed by atoms with Gasteiger partial charge in [0.05, 0.1) is 17.6 Å². The molecule has 3 rings (SSSR count). The van der Waals surface area contributed by atoms with Gasteiger partial charge in [-0.2, -0.15) is 0 Å². The quantitative estimate of drug-likeness (QED) is 0.580. The van der Waals surface area contributed by atoms with Gasteiger partial charge in [0.25, 0.3) is 0 Å². The van der Waals surface area contributed by atoms with Gasteiger partial charge in [-0.1, -0.05) is 38.1 Å². The maximum atomic E-state index is 5.99. The number of imidazole rings is 1. The molecule has 0 aliphatic rings. The number of ether oxygens (including phenoxy) is 1. The lowest BCUT2D eigenvalue weighted by atomic mass is 10.1. The number of para-hydroxylation sites is 2. The Morgan fingerprint density at radius 1 is 1.08 bits per heavy atom. The first-order valence-corrected chi connectivity index (χ1v) is 8.71. The van der Waals surface area contributed by atoms with Crippen molar-refractivity contribution in [2.45, 2.75) is 46.6 Å². The van der Waals surface area contributed by atoms with Crippen LogP contribution >= 0.6 is 0 Å². The van der Waals surface area contributed by atoms with Gasteiger partial charge in [0.1, 0.15) is 11.6 Å². The molecular weight excluding hydrogens is 296 g/mol. The number of hydrogen-bond acceptors (Lipinski definition) is 2.